The maximum atomic E-state index is 12.7. The molecule has 1 heterocycles. The molecule has 1 fully saturated rings. The third-order valence-corrected chi connectivity index (χ3v) is 5.78. The summed E-state index contributed by atoms with van der Waals surface area (Å²) in [5.41, 5.74) is 2.11. The molecule has 1 amide bonds. The van der Waals surface area contributed by atoms with Crippen molar-refractivity contribution in [2.45, 2.75) is 51.6 Å². The molecule has 0 saturated heterocycles. The second-order valence-corrected chi connectivity index (χ2v) is 8.51. The Kier molecular flexibility index (Phi) is 6.96. The summed E-state index contributed by atoms with van der Waals surface area (Å²) < 4.78 is 0. The molecule has 0 aliphatic heterocycles. The van der Waals surface area contributed by atoms with E-state index in [9.17, 15) is 4.79 Å². The standard InChI is InChI=1S/C22H30ClN5O/c1-14-13-24-22(27-20(14)28(3)4)26-19-11-7-17(8-12-19)21(29)25-15(2)16-5-9-18(23)10-6-16/h5-6,9-10,13,15,17,19H,7-8,11-12H2,1-4H3,(H,25,29)(H,24,26,27). The third-order valence-electron chi connectivity index (χ3n) is 5.53. The number of hydrogen-bond donors (Lipinski definition) is 2. The summed E-state index contributed by atoms with van der Waals surface area (Å²) in [6.45, 7) is 4.01. The second-order valence-electron chi connectivity index (χ2n) is 8.07. The number of hydrogen-bond acceptors (Lipinski definition) is 5. The third kappa shape index (κ3) is 5.60. The molecule has 1 aliphatic rings. The molecule has 3 rings (SSSR count). The first-order chi connectivity index (χ1) is 13.8. The van der Waals surface area contributed by atoms with E-state index < -0.39 is 0 Å². The van der Waals surface area contributed by atoms with Crippen LogP contribution in [0.1, 0.15) is 49.8 Å². The molecule has 1 unspecified atom stereocenters. The van der Waals surface area contributed by atoms with Crippen molar-refractivity contribution >= 4 is 29.3 Å². The van der Waals surface area contributed by atoms with Crippen molar-refractivity contribution in [1.82, 2.24) is 15.3 Å². The summed E-state index contributed by atoms with van der Waals surface area (Å²) in [4.78, 5) is 23.7. The molecule has 6 nitrogen and oxygen atoms in total. The zero-order chi connectivity index (χ0) is 21.0. The number of anilines is 2. The molecule has 29 heavy (non-hydrogen) atoms. The molecule has 0 radical (unpaired) electrons. The van der Waals surface area contributed by atoms with Crippen molar-refractivity contribution < 1.29 is 4.79 Å². The number of carbonyl (C=O) groups is 1. The van der Waals surface area contributed by atoms with Crippen molar-refractivity contribution in [2.24, 2.45) is 5.92 Å². The van der Waals surface area contributed by atoms with Gasteiger partial charge in [-0.2, -0.15) is 4.98 Å². The predicted molar refractivity (Wildman–Crippen MR) is 118 cm³/mol. The Morgan fingerprint density at radius 2 is 1.83 bits per heavy atom. The van der Waals surface area contributed by atoms with Crippen LogP contribution in [0.3, 0.4) is 0 Å². The summed E-state index contributed by atoms with van der Waals surface area (Å²) in [6, 6.07) is 7.89. The van der Waals surface area contributed by atoms with E-state index in [1.54, 1.807) is 0 Å². The van der Waals surface area contributed by atoms with Gasteiger partial charge in [0.2, 0.25) is 11.9 Å². The van der Waals surface area contributed by atoms with Gasteiger partial charge >= 0.3 is 0 Å². The molecular formula is C22H30ClN5O. The van der Waals surface area contributed by atoms with Gasteiger partial charge in [-0.1, -0.05) is 23.7 Å². The van der Waals surface area contributed by atoms with E-state index in [0.29, 0.717) is 17.0 Å². The highest BCUT2D eigenvalue weighted by atomic mass is 35.5. The SMILES string of the molecule is Cc1cnc(NC2CCC(C(=O)NC(C)c3ccc(Cl)cc3)CC2)nc1N(C)C. The number of nitrogens with zero attached hydrogens (tertiary/aromatic N) is 3. The Labute approximate surface area is 178 Å². The highest BCUT2D eigenvalue weighted by molar-refractivity contribution is 6.30. The molecule has 156 valence electrons. The lowest BCUT2D eigenvalue weighted by atomic mass is 9.85. The smallest absolute Gasteiger partial charge is 0.224 e. The predicted octanol–water partition coefficient (Wildman–Crippen LogP) is 4.35. The minimum Gasteiger partial charge on any atom is -0.362 e. The van der Waals surface area contributed by atoms with Crippen molar-refractivity contribution in [1.29, 1.82) is 0 Å². The van der Waals surface area contributed by atoms with Gasteiger partial charge in [-0.05, 0) is 57.2 Å². The van der Waals surface area contributed by atoms with E-state index in [2.05, 4.69) is 20.6 Å². The average molecular weight is 416 g/mol. The highest BCUT2D eigenvalue weighted by Crippen LogP contribution is 2.27. The van der Waals surface area contributed by atoms with Crippen LogP contribution < -0.4 is 15.5 Å². The van der Waals surface area contributed by atoms with Gasteiger partial charge in [-0.25, -0.2) is 4.98 Å². The fourth-order valence-corrected chi connectivity index (χ4v) is 3.93. The van der Waals surface area contributed by atoms with E-state index in [0.717, 1.165) is 42.6 Å². The van der Waals surface area contributed by atoms with Gasteiger partial charge in [0, 0.05) is 42.8 Å². The number of nitrogens with one attached hydrogen (secondary N) is 2. The topological polar surface area (TPSA) is 70.1 Å². The van der Waals surface area contributed by atoms with Crippen LogP contribution in [-0.4, -0.2) is 36.0 Å². The number of aromatic nitrogens is 2. The lowest BCUT2D eigenvalue weighted by Gasteiger charge is -2.29. The lowest BCUT2D eigenvalue weighted by molar-refractivity contribution is -0.126. The van der Waals surface area contributed by atoms with Gasteiger partial charge in [0.25, 0.3) is 0 Å². The summed E-state index contributed by atoms with van der Waals surface area (Å²) in [6.07, 6.45) is 5.44. The van der Waals surface area contributed by atoms with Gasteiger partial charge in [-0.3, -0.25) is 4.79 Å². The number of rotatable bonds is 6. The van der Waals surface area contributed by atoms with Crippen LogP contribution >= 0.6 is 11.6 Å². The van der Waals surface area contributed by atoms with Crippen molar-refractivity contribution in [3.8, 4) is 0 Å². The Bertz CT molecular complexity index is 832. The summed E-state index contributed by atoms with van der Waals surface area (Å²) >= 11 is 5.94. The van der Waals surface area contributed by atoms with E-state index in [4.69, 9.17) is 11.6 Å². The maximum Gasteiger partial charge on any atom is 0.224 e. The number of carbonyl (C=O) groups excluding carboxylic acids is 1. The zero-order valence-corrected chi connectivity index (χ0v) is 18.3. The number of benzene rings is 1. The van der Waals surface area contributed by atoms with E-state index >= 15 is 0 Å². The number of halogens is 1. The summed E-state index contributed by atoms with van der Waals surface area (Å²) in [5, 5.41) is 7.29. The van der Waals surface area contributed by atoms with Gasteiger partial charge in [0.05, 0.1) is 6.04 Å². The quantitative estimate of drug-likeness (QED) is 0.733. The van der Waals surface area contributed by atoms with Crippen LogP contribution in [0.2, 0.25) is 5.02 Å². The van der Waals surface area contributed by atoms with Gasteiger partial charge in [-0.15, -0.1) is 0 Å². The molecule has 7 heteroatoms. The van der Waals surface area contributed by atoms with Crippen LogP contribution in [0.5, 0.6) is 0 Å². The van der Waals surface area contributed by atoms with Crippen molar-refractivity contribution in [3.05, 3.63) is 46.6 Å². The normalized spacial score (nSPS) is 20.0. The van der Waals surface area contributed by atoms with Crippen LogP contribution in [0.15, 0.2) is 30.5 Å². The fourth-order valence-electron chi connectivity index (χ4n) is 3.80. The maximum absolute atomic E-state index is 12.7. The molecule has 1 aromatic carbocycles. The van der Waals surface area contributed by atoms with E-state index in [1.165, 1.54) is 0 Å². The first kappa shape index (κ1) is 21.4. The molecule has 1 aliphatic carbocycles. The van der Waals surface area contributed by atoms with E-state index in [1.807, 2.05) is 63.3 Å². The summed E-state index contributed by atoms with van der Waals surface area (Å²) in [5.74, 6) is 1.77. The molecule has 0 spiro atoms. The minimum atomic E-state index is -0.0268. The zero-order valence-electron chi connectivity index (χ0n) is 17.6. The Hall–Kier alpha value is -2.34. The largest absolute Gasteiger partial charge is 0.362 e. The van der Waals surface area contributed by atoms with Gasteiger partial charge < -0.3 is 15.5 Å². The van der Waals surface area contributed by atoms with Crippen molar-refractivity contribution in [3.63, 3.8) is 0 Å². The van der Waals surface area contributed by atoms with Crippen LogP contribution in [-0.2, 0) is 4.79 Å². The van der Waals surface area contributed by atoms with E-state index in [-0.39, 0.29) is 17.9 Å². The average Bonchev–Trinajstić information content (AvgIpc) is 2.70. The molecule has 2 aromatic rings. The molecule has 2 N–H and O–H groups in total. The van der Waals surface area contributed by atoms with Crippen molar-refractivity contribution in [2.75, 3.05) is 24.3 Å². The Morgan fingerprint density at radius 3 is 2.45 bits per heavy atom. The molecule has 0 bridgehead atoms. The molecular weight excluding hydrogens is 386 g/mol. The first-order valence-electron chi connectivity index (χ1n) is 10.2. The minimum absolute atomic E-state index is 0.0268. The van der Waals surface area contributed by atoms with Gasteiger partial charge in [0.1, 0.15) is 5.82 Å². The molecule has 1 saturated carbocycles. The van der Waals surface area contributed by atoms with Crippen LogP contribution in [0.25, 0.3) is 0 Å². The highest BCUT2D eigenvalue weighted by Gasteiger charge is 2.27. The molecule has 1 aromatic heterocycles. The van der Waals surface area contributed by atoms with Crippen LogP contribution in [0, 0.1) is 12.8 Å². The number of aryl methyl sites for hydroxylation is 1. The number of amides is 1. The Balaban J connectivity index is 1.50. The monoisotopic (exact) mass is 415 g/mol. The second kappa shape index (κ2) is 9.44. The fraction of sp³-hybridized carbons (Fsp3) is 0.500. The Morgan fingerprint density at radius 1 is 1.17 bits per heavy atom. The van der Waals surface area contributed by atoms with Crippen LogP contribution in [0.4, 0.5) is 11.8 Å². The molecule has 1 atom stereocenters. The summed E-state index contributed by atoms with van der Waals surface area (Å²) in [7, 11) is 3.96. The van der Waals surface area contributed by atoms with Gasteiger partial charge in [0.15, 0.2) is 0 Å². The lowest BCUT2D eigenvalue weighted by Crippen LogP contribution is -2.37. The first-order valence-corrected chi connectivity index (χ1v) is 10.5.